The summed E-state index contributed by atoms with van der Waals surface area (Å²) in [6.45, 7) is 0. The molecule has 0 fully saturated rings. The van der Waals surface area contributed by atoms with E-state index in [1.54, 1.807) is 0 Å². The maximum Gasteiger partial charge on any atom is 0.354 e. The number of nitrogens with one attached hydrogen (secondary N) is 1. The summed E-state index contributed by atoms with van der Waals surface area (Å²) in [5.74, 6) is -1.14. The molecular weight excluding hydrogens is 241 g/mol. The lowest BCUT2D eigenvalue weighted by Gasteiger charge is -2.07. The standard InChI is InChI=1S/C12H10FNO4/c1-17-9-4-3-6(13)11-10(9)8(15)5-7(14-11)12(16)18-2/h3-5H,1-2H3,(H,14,15). The van der Waals surface area contributed by atoms with E-state index in [0.717, 1.165) is 12.1 Å². The third kappa shape index (κ3) is 1.81. The normalized spacial score (nSPS) is 10.4. The van der Waals surface area contributed by atoms with Gasteiger partial charge in [-0.05, 0) is 12.1 Å². The topological polar surface area (TPSA) is 68.4 Å². The summed E-state index contributed by atoms with van der Waals surface area (Å²) >= 11 is 0. The van der Waals surface area contributed by atoms with Crippen LogP contribution in [0.2, 0.25) is 0 Å². The minimum Gasteiger partial charge on any atom is -0.496 e. The molecule has 0 bridgehead atoms. The van der Waals surface area contributed by atoms with Crippen LogP contribution < -0.4 is 10.2 Å². The summed E-state index contributed by atoms with van der Waals surface area (Å²) in [6.07, 6.45) is 0. The van der Waals surface area contributed by atoms with Crippen molar-refractivity contribution in [2.45, 2.75) is 0 Å². The van der Waals surface area contributed by atoms with E-state index in [0.29, 0.717) is 0 Å². The third-order valence-electron chi connectivity index (χ3n) is 2.52. The number of pyridine rings is 1. The van der Waals surface area contributed by atoms with Gasteiger partial charge in [0.1, 0.15) is 17.3 Å². The Kier molecular flexibility index (Phi) is 3.01. The molecule has 6 heteroatoms. The van der Waals surface area contributed by atoms with Crippen molar-refractivity contribution in [1.29, 1.82) is 0 Å². The van der Waals surface area contributed by atoms with Gasteiger partial charge in [0.2, 0.25) is 0 Å². The molecule has 5 nitrogen and oxygen atoms in total. The van der Waals surface area contributed by atoms with Crippen molar-refractivity contribution in [2.75, 3.05) is 14.2 Å². The summed E-state index contributed by atoms with van der Waals surface area (Å²) in [7, 11) is 2.55. The van der Waals surface area contributed by atoms with Crippen LogP contribution in [0.5, 0.6) is 5.75 Å². The van der Waals surface area contributed by atoms with Crippen LogP contribution >= 0.6 is 0 Å². The van der Waals surface area contributed by atoms with E-state index in [4.69, 9.17) is 4.74 Å². The van der Waals surface area contributed by atoms with Gasteiger partial charge in [-0.3, -0.25) is 4.79 Å². The molecule has 2 rings (SSSR count). The molecule has 0 radical (unpaired) electrons. The Hall–Kier alpha value is -2.37. The number of methoxy groups -OCH3 is 2. The van der Waals surface area contributed by atoms with Crippen molar-refractivity contribution in [3.05, 3.63) is 39.9 Å². The number of carbonyl (C=O) groups is 1. The van der Waals surface area contributed by atoms with Gasteiger partial charge in [0.15, 0.2) is 5.43 Å². The summed E-state index contributed by atoms with van der Waals surface area (Å²) in [5.41, 5.74) is -0.704. The Bertz CT molecular complexity index is 678. The lowest BCUT2D eigenvalue weighted by Crippen LogP contribution is -2.12. The van der Waals surface area contributed by atoms with E-state index in [1.165, 1.54) is 20.3 Å². The zero-order valence-corrected chi connectivity index (χ0v) is 9.74. The number of benzene rings is 1. The molecule has 1 aromatic heterocycles. The molecule has 0 saturated carbocycles. The molecule has 1 heterocycles. The number of esters is 1. The van der Waals surface area contributed by atoms with Gasteiger partial charge >= 0.3 is 5.97 Å². The minimum absolute atomic E-state index is 0.0603. The molecule has 1 aromatic carbocycles. The summed E-state index contributed by atoms with van der Waals surface area (Å²) < 4.78 is 23.1. The van der Waals surface area contributed by atoms with Gasteiger partial charge in [0, 0.05) is 6.07 Å². The van der Waals surface area contributed by atoms with Crippen LogP contribution in [0.1, 0.15) is 10.5 Å². The highest BCUT2D eigenvalue weighted by Gasteiger charge is 2.15. The SMILES string of the molecule is COC(=O)c1cc(=O)c2c(OC)ccc(F)c2[nH]1. The van der Waals surface area contributed by atoms with Crippen LogP contribution in [0.15, 0.2) is 23.0 Å². The van der Waals surface area contributed by atoms with Crippen LogP contribution in [-0.4, -0.2) is 25.2 Å². The van der Waals surface area contributed by atoms with Gasteiger partial charge in [0.05, 0.1) is 25.1 Å². The summed E-state index contributed by atoms with van der Waals surface area (Å²) in [6, 6.07) is 3.55. The second-order valence-electron chi connectivity index (χ2n) is 3.54. The van der Waals surface area contributed by atoms with Crippen molar-refractivity contribution in [1.82, 2.24) is 4.98 Å². The molecule has 0 unspecified atom stereocenters. The van der Waals surface area contributed by atoms with Crippen molar-refractivity contribution in [3.63, 3.8) is 0 Å². The lowest BCUT2D eigenvalue weighted by molar-refractivity contribution is 0.0594. The largest absolute Gasteiger partial charge is 0.496 e. The fourth-order valence-corrected chi connectivity index (χ4v) is 1.69. The molecular formula is C12H10FNO4. The van der Waals surface area contributed by atoms with E-state index in [1.807, 2.05) is 0 Å². The zero-order chi connectivity index (χ0) is 13.3. The number of aromatic amines is 1. The van der Waals surface area contributed by atoms with Crippen LogP contribution in [-0.2, 0) is 4.74 Å². The Morgan fingerprint density at radius 2 is 2.06 bits per heavy atom. The van der Waals surface area contributed by atoms with Gasteiger partial charge in [-0.15, -0.1) is 0 Å². The van der Waals surface area contributed by atoms with E-state index in [-0.39, 0.29) is 22.3 Å². The Morgan fingerprint density at radius 3 is 2.67 bits per heavy atom. The molecule has 0 saturated heterocycles. The lowest BCUT2D eigenvalue weighted by atomic mass is 10.1. The van der Waals surface area contributed by atoms with Gasteiger partial charge in [-0.2, -0.15) is 0 Å². The Morgan fingerprint density at radius 1 is 1.33 bits per heavy atom. The zero-order valence-electron chi connectivity index (χ0n) is 9.74. The molecule has 0 atom stereocenters. The molecule has 0 spiro atoms. The monoisotopic (exact) mass is 251 g/mol. The molecule has 2 aromatic rings. The minimum atomic E-state index is -0.740. The molecule has 0 amide bonds. The molecule has 0 aliphatic heterocycles. The maximum atomic E-state index is 13.7. The first-order valence-corrected chi connectivity index (χ1v) is 5.06. The van der Waals surface area contributed by atoms with E-state index < -0.39 is 17.2 Å². The van der Waals surface area contributed by atoms with Gasteiger partial charge in [-0.25, -0.2) is 9.18 Å². The maximum absolute atomic E-state index is 13.7. The van der Waals surface area contributed by atoms with Gasteiger partial charge in [-0.1, -0.05) is 0 Å². The number of aromatic nitrogens is 1. The summed E-state index contributed by atoms with van der Waals surface area (Å²) in [4.78, 5) is 25.7. The quantitative estimate of drug-likeness (QED) is 0.820. The molecule has 18 heavy (non-hydrogen) atoms. The van der Waals surface area contributed by atoms with Crippen LogP contribution in [0.4, 0.5) is 4.39 Å². The number of rotatable bonds is 2. The highest BCUT2D eigenvalue weighted by atomic mass is 19.1. The highest BCUT2D eigenvalue weighted by molar-refractivity contribution is 5.92. The van der Waals surface area contributed by atoms with Crippen molar-refractivity contribution in [3.8, 4) is 5.75 Å². The number of fused-ring (bicyclic) bond motifs is 1. The van der Waals surface area contributed by atoms with Crippen LogP contribution in [0, 0.1) is 5.82 Å². The molecule has 1 N–H and O–H groups in total. The fraction of sp³-hybridized carbons (Fsp3) is 0.167. The predicted molar refractivity (Wildman–Crippen MR) is 62.4 cm³/mol. The smallest absolute Gasteiger partial charge is 0.354 e. The van der Waals surface area contributed by atoms with Crippen LogP contribution in [0.25, 0.3) is 10.9 Å². The van der Waals surface area contributed by atoms with Crippen molar-refractivity contribution < 1.29 is 18.7 Å². The second-order valence-corrected chi connectivity index (χ2v) is 3.54. The van der Waals surface area contributed by atoms with Crippen molar-refractivity contribution >= 4 is 16.9 Å². The number of ether oxygens (including phenoxy) is 2. The Balaban J connectivity index is 2.85. The van der Waals surface area contributed by atoms with Gasteiger partial charge in [0.25, 0.3) is 0 Å². The first kappa shape index (κ1) is 12.1. The first-order valence-electron chi connectivity index (χ1n) is 5.06. The average molecular weight is 251 g/mol. The van der Waals surface area contributed by atoms with E-state index in [9.17, 15) is 14.0 Å². The van der Waals surface area contributed by atoms with E-state index in [2.05, 4.69) is 9.72 Å². The second kappa shape index (κ2) is 4.48. The number of halogens is 1. The highest BCUT2D eigenvalue weighted by Crippen LogP contribution is 2.23. The van der Waals surface area contributed by atoms with Crippen LogP contribution in [0.3, 0.4) is 0 Å². The van der Waals surface area contributed by atoms with Gasteiger partial charge < -0.3 is 14.5 Å². The first-order chi connectivity index (χ1) is 8.58. The molecule has 0 aliphatic carbocycles. The number of H-pyrrole nitrogens is 1. The third-order valence-corrected chi connectivity index (χ3v) is 2.52. The number of carbonyl (C=O) groups excluding carboxylic acids is 1. The predicted octanol–water partition coefficient (Wildman–Crippen LogP) is 1.46. The fourth-order valence-electron chi connectivity index (χ4n) is 1.69. The molecule has 94 valence electrons. The average Bonchev–Trinajstić information content (AvgIpc) is 2.38. The number of hydrogen-bond acceptors (Lipinski definition) is 4. The summed E-state index contributed by atoms with van der Waals surface area (Å²) in [5, 5.41) is 0.0603. The van der Waals surface area contributed by atoms with E-state index >= 15 is 0 Å². The Labute approximate surface area is 101 Å². The van der Waals surface area contributed by atoms with Crippen molar-refractivity contribution in [2.24, 2.45) is 0 Å². The number of hydrogen-bond donors (Lipinski definition) is 1. The molecule has 0 aliphatic rings.